The summed E-state index contributed by atoms with van der Waals surface area (Å²) in [7, 11) is 0. The zero-order valence-corrected chi connectivity index (χ0v) is 16.7. The number of piperidine rings is 1. The highest BCUT2D eigenvalue weighted by molar-refractivity contribution is 7.09. The number of aromatic nitrogens is 1. The summed E-state index contributed by atoms with van der Waals surface area (Å²) in [5.41, 5.74) is 7.48. The summed E-state index contributed by atoms with van der Waals surface area (Å²) >= 11 is 1.44. The first-order valence-electron chi connectivity index (χ1n) is 9.93. The molecule has 1 aromatic heterocycles. The third kappa shape index (κ3) is 6.41. The van der Waals surface area contributed by atoms with Crippen LogP contribution in [0.3, 0.4) is 0 Å². The Bertz CT molecular complexity index is 695. The molecule has 0 saturated carbocycles. The number of amides is 1. The topological polar surface area (TPSA) is 71.2 Å². The second-order valence-electron chi connectivity index (χ2n) is 7.27. The minimum Gasteiger partial charge on any atom is -0.351 e. The summed E-state index contributed by atoms with van der Waals surface area (Å²) in [6.45, 7) is 4.62. The van der Waals surface area contributed by atoms with Crippen molar-refractivity contribution in [2.24, 2.45) is 11.7 Å². The molecule has 5 nitrogen and oxygen atoms in total. The van der Waals surface area contributed by atoms with Gasteiger partial charge in [0.1, 0.15) is 10.7 Å². The van der Waals surface area contributed by atoms with Crippen molar-refractivity contribution in [3.05, 3.63) is 52.0 Å². The largest absolute Gasteiger partial charge is 0.351 e. The van der Waals surface area contributed by atoms with Crippen LogP contribution in [0.2, 0.25) is 0 Å². The van der Waals surface area contributed by atoms with Gasteiger partial charge in [0.15, 0.2) is 0 Å². The Balaban J connectivity index is 1.25. The lowest BCUT2D eigenvalue weighted by Crippen LogP contribution is -2.35. The maximum atomic E-state index is 12.0. The number of carbonyl (C=O) groups excluding carboxylic acids is 1. The Morgan fingerprint density at radius 3 is 2.70 bits per heavy atom. The van der Waals surface area contributed by atoms with E-state index in [4.69, 9.17) is 5.73 Å². The van der Waals surface area contributed by atoms with Crippen LogP contribution >= 0.6 is 11.3 Å². The number of benzene rings is 1. The lowest BCUT2D eigenvalue weighted by atomic mass is 9.90. The minimum atomic E-state index is -0.0901. The predicted octanol–water partition coefficient (Wildman–Crippen LogP) is 3.07. The first-order valence-corrected chi connectivity index (χ1v) is 10.8. The molecule has 2 heterocycles. The molecule has 0 radical (unpaired) electrons. The number of unbranched alkanes of at least 4 members (excludes halogenated alkanes) is 1. The van der Waals surface area contributed by atoms with Gasteiger partial charge in [-0.2, -0.15) is 0 Å². The fourth-order valence-electron chi connectivity index (χ4n) is 3.62. The van der Waals surface area contributed by atoms with Crippen molar-refractivity contribution >= 4 is 17.2 Å². The molecule has 1 amide bonds. The van der Waals surface area contributed by atoms with Crippen molar-refractivity contribution in [2.75, 3.05) is 26.2 Å². The number of nitrogens with one attached hydrogen (secondary N) is 1. The number of nitrogens with two attached hydrogens (primary N) is 1. The first kappa shape index (κ1) is 20.0. The summed E-state index contributed by atoms with van der Waals surface area (Å²) in [6.07, 6.45) is 5.92. The van der Waals surface area contributed by atoms with Crippen LogP contribution in [0, 0.1) is 5.92 Å². The number of hydrogen-bond acceptors (Lipinski definition) is 5. The Labute approximate surface area is 166 Å². The van der Waals surface area contributed by atoms with Crippen LogP contribution in [0.15, 0.2) is 35.7 Å². The van der Waals surface area contributed by atoms with Crippen molar-refractivity contribution in [1.29, 1.82) is 0 Å². The fraction of sp³-hybridized carbons (Fsp3) is 0.524. The average Bonchev–Trinajstić information content (AvgIpc) is 3.19. The van der Waals surface area contributed by atoms with Gasteiger partial charge in [0.05, 0.1) is 0 Å². The van der Waals surface area contributed by atoms with Crippen LogP contribution in [-0.2, 0) is 13.0 Å². The van der Waals surface area contributed by atoms with Crippen LogP contribution < -0.4 is 11.1 Å². The summed E-state index contributed by atoms with van der Waals surface area (Å²) < 4.78 is 0. The Hall–Kier alpha value is -1.76. The molecule has 0 aliphatic carbocycles. The van der Waals surface area contributed by atoms with Gasteiger partial charge in [0.2, 0.25) is 0 Å². The van der Waals surface area contributed by atoms with E-state index in [2.05, 4.69) is 45.5 Å². The number of likely N-dealkylation sites (tertiary alicyclic amines) is 1. The van der Waals surface area contributed by atoms with Gasteiger partial charge >= 0.3 is 0 Å². The molecule has 1 saturated heterocycles. The smallest absolute Gasteiger partial charge is 0.270 e. The minimum absolute atomic E-state index is 0.0901. The standard InChI is InChI=1S/C21H30N4OS/c22-15-20-24-19(16-27-20)21(26)23-10-4-5-11-25-12-8-18(9-13-25)14-17-6-2-1-3-7-17/h1-3,6-7,16,18H,4-5,8-15,22H2,(H,23,26). The van der Waals surface area contributed by atoms with E-state index in [1.165, 1.54) is 49.3 Å². The van der Waals surface area contributed by atoms with E-state index in [0.29, 0.717) is 18.8 Å². The van der Waals surface area contributed by atoms with Gasteiger partial charge in [-0.1, -0.05) is 30.3 Å². The van der Waals surface area contributed by atoms with Crippen molar-refractivity contribution in [2.45, 2.75) is 38.6 Å². The number of carbonyl (C=O) groups is 1. The zero-order chi connectivity index (χ0) is 18.9. The molecule has 0 spiro atoms. The SMILES string of the molecule is NCc1nc(C(=O)NCCCCN2CCC(Cc3ccccc3)CC2)cs1. The van der Waals surface area contributed by atoms with Crippen molar-refractivity contribution < 1.29 is 4.79 Å². The molecule has 3 rings (SSSR count). The van der Waals surface area contributed by atoms with Gasteiger partial charge in [-0.15, -0.1) is 11.3 Å². The lowest BCUT2D eigenvalue weighted by molar-refractivity contribution is 0.0947. The highest BCUT2D eigenvalue weighted by Crippen LogP contribution is 2.21. The molecule has 0 unspecified atom stereocenters. The van der Waals surface area contributed by atoms with Crippen LogP contribution in [0.1, 0.15) is 46.7 Å². The number of nitrogens with zero attached hydrogens (tertiary/aromatic N) is 2. The van der Waals surface area contributed by atoms with E-state index in [1.807, 2.05) is 0 Å². The van der Waals surface area contributed by atoms with E-state index >= 15 is 0 Å². The van der Waals surface area contributed by atoms with Gasteiger partial charge in [-0.25, -0.2) is 4.98 Å². The third-order valence-corrected chi connectivity index (χ3v) is 6.09. The summed E-state index contributed by atoms with van der Waals surface area (Å²) in [5.74, 6) is 0.729. The van der Waals surface area contributed by atoms with E-state index < -0.39 is 0 Å². The van der Waals surface area contributed by atoms with E-state index in [9.17, 15) is 4.79 Å². The molecule has 1 aromatic carbocycles. The molecule has 1 fully saturated rings. The Morgan fingerprint density at radius 1 is 1.22 bits per heavy atom. The summed E-state index contributed by atoms with van der Waals surface area (Å²) in [5, 5.41) is 5.53. The molecule has 27 heavy (non-hydrogen) atoms. The van der Waals surface area contributed by atoms with Crippen molar-refractivity contribution in [3.8, 4) is 0 Å². The number of rotatable bonds is 9. The van der Waals surface area contributed by atoms with Crippen LogP contribution in [0.25, 0.3) is 0 Å². The van der Waals surface area contributed by atoms with Gasteiger partial charge in [-0.05, 0) is 63.2 Å². The molecule has 0 bridgehead atoms. The predicted molar refractivity (Wildman–Crippen MR) is 111 cm³/mol. The summed E-state index contributed by atoms with van der Waals surface area (Å²) in [6, 6.07) is 10.8. The highest BCUT2D eigenvalue weighted by atomic mass is 32.1. The second-order valence-corrected chi connectivity index (χ2v) is 8.21. The van der Waals surface area contributed by atoms with E-state index in [1.54, 1.807) is 5.38 Å². The molecule has 0 atom stereocenters. The Kier molecular flexibility index (Phi) is 7.80. The van der Waals surface area contributed by atoms with Gasteiger partial charge in [0, 0.05) is 18.5 Å². The van der Waals surface area contributed by atoms with Crippen molar-refractivity contribution in [1.82, 2.24) is 15.2 Å². The van der Waals surface area contributed by atoms with Crippen LogP contribution in [-0.4, -0.2) is 42.0 Å². The van der Waals surface area contributed by atoms with Gasteiger partial charge in [-0.3, -0.25) is 4.79 Å². The molecular weight excluding hydrogens is 356 g/mol. The molecule has 6 heteroatoms. The van der Waals surface area contributed by atoms with Crippen molar-refractivity contribution in [3.63, 3.8) is 0 Å². The number of thiazole rings is 1. The zero-order valence-electron chi connectivity index (χ0n) is 15.9. The van der Waals surface area contributed by atoms with Crippen LogP contribution in [0.5, 0.6) is 0 Å². The maximum Gasteiger partial charge on any atom is 0.270 e. The average molecular weight is 387 g/mol. The monoisotopic (exact) mass is 386 g/mol. The second kappa shape index (κ2) is 10.5. The highest BCUT2D eigenvalue weighted by Gasteiger charge is 2.19. The number of hydrogen-bond donors (Lipinski definition) is 2. The Morgan fingerprint density at radius 2 is 2.00 bits per heavy atom. The lowest BCUT2D eigenvalue weighted by Gasteiger charge is -2.32. The summed E-state index contributed by atoms with van der Waals surface area (Å²) in [4.78, 5) is 18.8. The molecular formula is C21H30N4OS. The van der Waals surface area contributed by atoms with Crippen LogP contribution in [0.4, 0.5) is 0 Å². The molecule has 1 aliphatic heterocycles. The molecule has 1 aliphatic rings. The van der Waals surface area contributed by atoms with Gasteiger partial charge < -0.3 is 16.0 Å². The normalized spacial score (nSPS) is 15.7. The maximum absolute atomic E-state index is 12.0. The molecule has 2 aromatic rings. The molecule has 3 N–H and O–H groups in total. The van der Waals surface area contributed by atoms with Gasteiger partial charge in [0.25, 0.3) is 5.91 Å². The fourth-order valence-corrected chi connectivity index (χ4v) is 4.28. The third-order valence-electron chi connectivity index (χ3n) is 5.22. The quantitative estimate of drug-likeness (QED) is 0.650. The van der Waals surface area contributed by atoms with E-state index in [-0.39, 0.29) is 5.91 Å². The van der Waals surface area contributed by atoms with E-state index in [0.717, 1.165) is 30.3 Å². The molecule has 146 valence electrons. The first-order chi connectivity index (χ1) is 13.2.